The van der Waals surface area contributed by atoms with Gasteiger partial charge in [-0.3, -0.25) is 9.36 Å². The highest BCUT2D eigenvalue weighted by atomic mass is 32.2. The minimum absolute atomic E-state index is 0.0399. The third-order valence-electron chi connectivity index (χ3n) is 3.31. The van der Waals surface area contributed by atoms with E-state index in [2.05, 4.69) is 0 Å². The van der Waals surface area contributed by atoms with Crippen LogP contribution in [0.1, 0.15) is 0 Å². The zero-order valence-corrected chi connectivity index (χ0v) is 10.6. The second-order valence-corrected chi connectivity index (χ2v) is 5.51. The van der Waals surface area contributed by atoms with Crippen LogP contribution in [-0.2, 0) is 0 Å². The summed E-state index contributed by atoms with van der Waals surface area (Å²) < 4.78 is 1.68. The van der Waals surface area contributed by atoms with Crippen LogP contribution in [0.3, 0.4) is 0 Å². The van der Waals surface area contributed by atoms with Gasteiger partial charge in [0.15, 0.2) is 0 Å². The van der Waals surface area contributed by atoms with Crippen LogP contribution in [0.2, 0.25) is 0 Å². The van der Waals surface area contributed by atoms with Gasteiger partial charge in [0.2, 0.25) is 0 Å². The molecule has 0 fully saturated rings. The molecule has 0 amide bonds. The van der Waals surface area contributed by atoms with Gasteiger partial charge in [0.05, 0.1) is 11.2 Å². The standard InChI is InChI=1S/C15H9NO2S/c17-11-8-14(18)16-10-5-1-2-6-12(10)19-13-7-3-4-9(11)15(13)16/h1-8,17H. The van der Waals surface area contributed by atoms with Gasteiger partial charge in [-0.1, -0.05) is 30.0 Å². The molecule has 92 valence electrons. The lowest BCUT2D eigenvalue weighted by atomic mass is 10.1. The Balaban J connectivity index is 2.30. The monoisotopic (exact) mass is 267 g/mol. The van der Waals surface area contributed by atoms with Crippen LogP contribution in [0.25, 0.3) is 16.6 Å². The second kappa shape index (κ2) is 3.65. The first-order valence-electron chi connectivity index (χ1n) is 5.91. The number of fused-ring (bicyclic) bond motifs is 2. The van der Waals surface area contributed by atoms with Crippen molar-refractivity contribution in [3.63, 3.8) is 0 Å². The van der Waals surface area contributed by atoms with Gasteiger partial charge < -0.3 is 5.11 Å². The lowest BCUT2D eigenvalue weighted by Crippen LogP contribution is -2.20. The topological polar surface area (TPSA) is 42.2 Å². The van der Waals surface area contributed by atoms with Crippen LogP contribution in [0.5, 0.6) is 5.75 Å². The lowest BCUT2D eigenvalue weighted by molar-refractivity contribution is 0.480. The van der Waals surface area contributed by atoms with Gasteiger partial charge in [0, 0.05) is 21.2 Å². The second-order valence-electron chi connectivity index (χ2n) is 4.43. The van der Waals surface area contributed by atoms with E-state index in [0.29, 0.717) is 5.39 Å². The molecule has 0 radical (unpaired) electrons. The molecule has 0 aliphatic carbocycles. The molecular weight excluding hydrogens is 258 g/mol. The van der Waals surface area contributed by atoms with E-state index in [4.69, 9.17) is 0 Å². The van der Waals surface area contributed by atoms with Crippen molar-refractivity contribution in [1.82, 2.24) is 4.57 Å². The van der Waals surface area contributed by atoms with Crippen LogP contribution in [0.15, 0.2) is 63.1 Å². The maximum atomic E-state index is 12.2. The van der Waals surface area contributed by atoms with E-state index in [0.717, 1.165) is 21.0 Å². The van der Waals surface area contributed by atoms with Gasteiger partial charge in [-0.15, -0.1) is 0 Å². The Kier molecular flexibility index (Phi) is 2.05. The fourth-order valence-electron chi connectivity index (χ4n) is 2.50. The van der Waals surface area contributed by atoms with Gasteiger partial charge >= 0.3 is 0 Å². The molecule has 0 saturated heterocycles. The first-order chi connectivity index (χ1) is 9.25. The van der Waals surface area contributed by atoms with E-state index >= 15 is 0 Å². The predicted octanol–water partition coefficient (Wildman–Crippen LogP) is 3.16. The Bertz CT molecular complexity index is 883. The summed E-state index contributed by atoms with van der Waals surface area (Å²) in [5.74, 6) is 0.0399. The zero-order chi connectivity index (χ0) is 13.0. The van der Waals surface area contributed by atoms with E-state index in [-0.39, 0.29) is 11.3 Å². The van der Waals surface area contributed by atoms with E-state index in [1.807, 2.05) is 42.5 Å². The van der Waals surface area contributed by atoms with Gasteiger partial charge in [-0.05, 0) is 24.3 Å². The predicted molar refractivity (Wildman–Crippen MR) is 75.3 cm³/mol. The highest BCUT2D eigenvalue weighted by molar-refractivity contribution is 7.99. The molecule has 1 aliphatic rings. The molecular formula is C15H9NO2S. The number of hydrogen-bond acceptors (Lipinski definition) is 3. The Morgan fingerprint density at radius 1 is 1.00 bits per heavy atom. The van der Waals surface area contributed by atoms with Crippen molar-refractivity contribution in [2.24, 2.45) is 0 Å². The van der Waals surface area contributed by atoms with Gasteiger partial charge in [0.25, 0.3) is 5.56 Å². The summed E-state index contributed by atoms with van der Waals surface area (Å²) in [7, 11) is 0. The molecule has 0 unspecified atom stereocenters. The highest BCUT2D eigenvalue weighted by Crippen LogP contribution is 2.42. The number of aromatic hydroxyl groups is 1. The summed E-state index contributed by atoms with van der Waals surface area (Å²) in [6.07, 6.45) is 0. The van der Waals surface area contributed by atoms with Crippen LogP contribution in [-0.4, -0.2) is 9.67 Å². The molecule has 4 rings (SSSR count). The maximum Gasteiger partial charge on any atom is 0.259 e. The normalized spacial score (nSPS) is 12.4. The first kappa shape index (κ1) is 10.7. The maximum absolute atomic E-state index is 12.2. The fourth-order valence-corrected chi connectivity index (χ4v) is 3.59. The molecule has 1 aliphatic heterocycles. The van der Waals surface area contributed by atoms with Crippen molar-refractivity contribution in [2.45, 2.75) is 9.79 Å². The molecule has 2 aromatic carbocycles. The largest absolute Gasteiger partial charge is 0.507 e. The number of pyridine rings is 1. The molecule has 1 N–H and O–H groups in total. The molecule has 4 heteroatoms. The van der Waals surface area contributed by atoms with E-state index in [1.165, 1.54) is 6.07 Å². The summed E-state index contributed by atoms with van der Waals surface area (Å²) in [6.45, 7) is 0. The van der Waals surface area contributed by atoms with Crippen LogP contribution in [0, 0.1) is 0 Å². The molecule has 2 heterocycles. The smallest absolute Gasteiger partial charge is 0.259 e. The summed E-state index contributed by atoms with van der Waals surface area (Å²) in [5.41, 5.74) is 1.46. The van der Waals surface area contributed by atoms with Crippen molar-refractivity contribution < 1.29 is 5.11 Å². The van der Waals surface area contributed by atoms with Crippen molar-refractivity contribution in [1.29, 1.82) is 0 Å². The minimum atomic E-state index is -0.204. The van der Waals surface area contributed by atoms with E-state index < -0.39 is 0 Å². The summed E-state index contributed by atoms with van der Waals surface area (Å²) in [5, 5.41) is 10.7. The van der Waals surface area contributed by atoms with Crippen molar-refractivity contribution in [3.8, 4) is 11.4 Å². The number of rotatable bonds is 0. The number of hydrogen-bond donors (Lipinski definition) is 1. The Morgan fingerprint density at radius 2 is 1.79 bits per heavy atom. The summed E-state index contributed by atoms with van der Waals surface area (Å²) in [6, 6.07) is 14.8. The van der Waals surface area contributed by atoms with Crippen molar-refractivity contribution in [2.75, 3.05) is 0 Å². The third kappa shape index (κ3) is 1.37. The Hall–Kier alpha value is -2.20. The highest BCUT2D eigenvalue weighted by Gasteiger charge is 2.20. The van der Waals surface area contributed by atoms with Crippen LogP contribution < -0.4 is 5.56 Å². The number of aromatic nitrogens is 1. The van der Waals surface area contributed by atoms with E-state index in [9.17, 15) is 9.90 Å². The lowest BCUT2D eigenvalue weighted by Gasteiger charge is -2.21. The molecule has 0 spiro atoms. The quantitative estimate of drug-likeness (QED) is 0.532. The Labute approximate surface area is 113 Å². The van der Waals surface area contributed by atoms with Crippen LogP contribution in [0.4, 0.5) is 0 Å². The minimum Gasteiger partial charge on any atom is -0.507 e. The van der Waals surface area contributed by atoms with Gasteiger partial charge in [-0.2, -0.15) is 0 Å². The zero-order valence-electron chi connectivity index (χ0n) is 9.83. The molecule has 19 heavy (non-hydrogen) atoms. The average Bonchev–Trinajstić information content (AvgIpc) is 2.42. The fraction of sp³-hybridized carbons (Fsp3) is 0. The third-order valence-corrected chi connectivity index (χ3v) is 4.42. The molecule has 0 saturated carbocycles. The SMILES string of the molecule is O=c1cc(O)c2cccc3c2n1-c1ccccc1S3. The molecule has 3 nitrogen and oxygen atoms in total. The molecule has 3 aromatic rings. The molecule has 1 aromatic heterocycles. The number of benzene rings is 2. The number of para-hydroxylation sites is 2. The number of nitrogens with zero attached hydrogens (tertiary/aromatic N) is 1. The van der Waals surface area contributed by atoms with Gasteiger partial charge in [0.1, 0.15) is 5.75 Å². The van der Waals surface area contributed by atoms with Gasteiger partial charge in [-0.25, -0.2) is 0 Å². The van der Waals surface area contributed by atoms with Crippen molar-refractivity contribution >= 4 is 22.7 Å². The van der Waals surface area contributed by atoms with Crippen molar-refractivity contribution in [3.05, 3.63) is 58.9 Å². The first-order valence-corrected chi connectivity index (χ1v) is 6.72. The molecule has 0 bridgehead atoms. The average molecular weight is 267 g/mol. The Morgan fingerprint density at radius 3 is 2.68 bits per heavy atom. The summed E-state index contributed by atoms with van der Waals surface area (Å²) >= 11 is 1.62. The van der Waals surface area contributed by atoms with E-state index in [1.54, 1.807) is 16.3 Å². The molecule has 0 atom stereocenters. The van der Waals surface area contributed by atoms with Crippen LogP contribution >= 0.6 is 11.8 Å². The summed E-state index contributed by atoms with van der Waals surface area (Å²) in [4.78, 5) is 14.3.